The Morgan fingerprint density at radius 2 is 1.33 bits per heavy atom. The third-order valence-electron chi connectivity index (χ3n) is 4.30. The number of benzene rings is 3. The highest BCUT2D eigenvalue weighted by molar-refractivity contribution is 6.02. The zero-order valence-corrected chi connectivity index (χ0v) is 13.4. The molecule has 116 valence electrons. The smallest absolute Gasteiger partial charge is 0.256 e. The van der Waals surface area contributed by atoms with Gasteiger partial charge < -0.3 is 4.98 Å². The van der Waals surface area contributed by atoms with Gasteiger partial charge in [-0.1, -0.05) is 78.4 Å². The summed E-state index contributed by atoms with van der Waals surface area (Å²) in [5.74, 6) is 0. The van der Waals surface area contributed by atoms with Crippen molar-refractivity contribution in [1.29, 1.82) is 0 Å². The van der Waals surface area contributed by atoms with Gasteiger partial charge in [0.2, 0.25) is 0 Å². The van der Waals surface area contributed by atoms with Crippen molar-refractivity contribution in [2.24, 2.45) is 0 Å². The number of nitrogens with one attached hydrogen (secondary N) is 1. The molecular formula is C22H17NO. The van der Waals surface area contributed by atoms with Crippen molar-refractivity contribution in [2.45, 2.75) is 6.92 Å². The molecule has 0 fully saturated rings. The molecule has 0 spiro atoms. The van der Waals surface area contributed by atoms with Gasteiger partial charge in [0, 0.05) is 10.9 Å². The van der Waals surface area contributed by atoms with E-state index in [1.54, 1.807) is 0 Å². The van der Waals surface area contributed by atoms with E-state index in [0.29, 0.717) is 0 Å². The topological polar surface area (TPSA) is 32.9 Å². The molecule has 0 radical (unpaired) electrons. The molecule has 24 heavy (non-hydrogen) atoms. The highest BCUT2D eigenvalue weighted by Crippen LogP contribution is 2.35. The van der Waals surface area contributed by atoms with Gasteiger partial charge in [-0.25, -0.2) is 0 Å². The van der Waals surface area contributed by atoms with E-state index in [1.807, 2.05) is 61.5 Å². The van der Waals surface area contributed by atoms with Crippen LogP contribution in [0.5, 0.6) is 0 Å². The number of pyridine rings is 1. The third kappa shape index (κ3) is 2.42. The van der Waals surface area contributed by atoms with Gasteiger partial charge in [-0.15, -0.1) is 0 Å². The van der Waals surface area contributed by atoms with E-state index in [1.165, 1.54) is 0 Å². The van der Waals surface area contributed by atoms with Gasteiger partial charge in [0.1, 0.15) is 0 Å². The van der Waals surface area contributed by atoms with Crippen molar-refractivity contribution >= 4 is 10.8 Å². The minimum Gasteiger partial charge on any atom is -0.321 e. The molecule has 4 rings (SSSR count). The molecule has 1 aromatic heterocycles. The molecule has 0 bridgehead atoms. The molecule has 4 aromatic rings. The zero-order chi connectivity index (χ0) is 16.5. The van der Waals surface area contributed by atoms with E-state index in [-0.39, 0.29) is 5.56 Å². The molecular weight excluding hydrogens is 294 g/mol. The molecule has 0 atom stereocenters. The first-order valence-corrected chi connectivity index (χ1v) is 8.01. The van der Waals surface area contributed by atoms with Crippen LogP contribution in [0.1, 0.15) is 5.56 Å². The molecule has 1 heterocycles. The van der Waals surface area contributed by atoms with Crippen LogP contribution in [-0.2, 0) is 0 Å². The molecule has 0 aliphatic heterocycles. The number of fused-ring (bicyclic) bond motifs is 1. The normalized spacial score (nSPS) is 10.9. The Hall–Kier alpha value is -3.13. The lowest BCUT2D eigenvalue weighted by atomic mass is 9.93. The summed E-state index contributed by atoms with van der Waals surface area (Å²) >= 11 is 0. The van der Waals surface area contributed by atoms with Crippen LogP contribution in [-0.4, -0.2) is 4.98 Å². The summed E-state index contributed by atoms with van der Waals surface area (Å²) in [6.45, 7) is 2.01. The fourth-order valence-corrected chi connectivity index (χ4v) is 3.17. The highest BCUT2D eigenvalue weighted by Gasteiger charge is 2.14. The van der Waals surface area contributed by atoms with Gasteiger partial charge in [0.05, 0.1) is 5.69 Å². The van der Waals surface area contributed by atoms with E-state index in [0.717, 1.165) is 38.7 Å². The molecule has 0 amide bonds. The first-order chi connectivity index (χ1) is 11.7. The Bertz CT molecular complexity index is 1060. The quantitative estimate of drug-likeness (QED) is 0.544. The van der Waals surface area contributed by atoms with Gasteiger partial charge in [0.25, 0.3) is 5.56 Å². The minimum atomic E-state index is -0.0489. The molecule has 0 unspecified atom stereocenters. The molecule has 3 aromatic carbocycles. The summed E-state index contributed by atoms with van der Waals surface area (Å²) in [5, 5.41) is 1.71. The molecule has 2 heteroatoms. The maximum absolute atomic E-state index is 12.7. The van der Waals surface area contributed by atoms with E-state index < -0.39 is 0 Å². The first-order valence-electron chi connectivity index (χ1n) is 8.01. The van der Waals surface area contributed by atoms with Crippen LogP contribution in [0.25, 0.3) is 33.2 Å². The monoisotopic (exact) mass is 311 g/mol. The summed E-state index contributed by atoms with van der Waals surface area (Å²) in [4.78, 5) is 15.8. The lowest BCUT2D eigenvalue weighted by Gasteiger charge is -2.14. The second-order valence-electron chi connectivity index (χ2n) is 5.99. The fourth-order valence-electron chi connectivity index (χ4n) is 3.17. The van der Waals surface area contributed by atoms with E-state index in [2.05, 4.69) is 29.2 Å². The second-order valence-corrected chi connectivity index (χ2v) is 5.99. The lowest BCUT2D eigenvalue weighted by molar-refractivity contribution is 1.27. The van der Waals surface area contributed by atoms with Gasteiger partial charge >= 0.3 is 0 Å². The van der Waals surface area contributed by atoms with Crippen molar-refractivity contribution in [3.63, 3.8) is 0 Å². The predicted molar refractivity (Wildman–Crippen MR) is 100 cm³/mol. The molecule has 0 saturated carbocycles. The standard InChI is InChI=1S/C22H17NO/c1-15-12-13-18-19(14-15)22(24)23-21(17-10-6-3-7-11-17)20(18)16-8-4-2-5-9-16/h2-14H,1H3,(H,23,24). The third-order valence-corrected chi connectivity index (χ3v) is 4.30. The Morgan fingerprint density at radius 3 is 2.00 bits per heavy atom. The fraction of sp³-hybridized carbons (Fsp3) is 0.0455. The molecule has 0 aliphatic carbocycles. The molecule has 0 aliphatic rings. The Morgan fingerprint density at radius 1 is 0.708 bits per heavy atom. The maximum Gasteiger partial charge on any atom is 0.256 e. The maximum atomic E-state index is 12.7. The number of H-pyrrole nitrogens is 1. The van der Waals surface area contributed by atoms with Crippen LogP contribution in [0.2, 0.25) is 0 Å². The number of hydrogen-bond donors (Lipinski definition) is 1. The lowest BCUT2D eigenvalue weighted by Crippen LogP contribution is -2.09. The largest absolute Gasteiger partial charge is 0.321 e. The Kier molecular flexibility index (Phi) is 3.51. The summed E-state index contributed by atoms with van der Waals surface area (Å²) in [6, 6.07) is 26.3. The van der Waals surface area contributed by atoms with Gasteiger partial charge in [0.15, 0.2) is 0 Å². The summed E-state index contributed by atoms with van der Waals surface area (Å²) in [6.07, 6.45) is 0. The number of aromatic nitrogens is 1. The van der Waals surface area contributed by atoms with Gasteiger partial charge in [-0.05, 0) is 29.5 Å². The molecule has 0 saturated heterocycles. The number of aromatic amines is 1. The van der Waals surface area contributed by atoms with Crippen molar-refractivity contribution in [3.05, 3.63) is 94.8 Å². The number of rotatable bonds is 2. The van der Waals surface area contributed by atoms with Crippen LogP contribution >= 0.6 is 0 Å². The zero-order valence-electron chi connectivity index (χ0n) is 13.4. The summed E-state index contributed by atoms with van der Waals surface area (Å²) in [5.41, 5.74) is 5.07. The van der Waals surface area contributed by atoms with E-state index >= 15 is 0 Å². The van der Waals surface area contributed by atoms with Gasteiger partial charge in [-0.2, -0.15) is 0 Å². The molecule has 1 N–H and O–H groups in total. The first kappa shape index (κ1) is 14.5. The Labute approximate surface area is 140 Å². The van der Waals surface area contributed by atoms with Crippen LogP contribution in [0.15, 0.2) is 83.7 Å². The van der Waals surface area contributed by atoms with E-state index in [4.69, 9.17) is 0 Å². The van der Waals surface area contributed by atoms with E-state index in [9.17, 15) is 4.79 Å². The average molecular weight is 311 g/mol. The summed E-state index contributed by atoms with van der Waals surface area (Å²) in [7, 11) is 0. The van der Waals surface area contributed by atoms with Crippen molar-refractivity contribution in [1.82, 2.24) is 4.98 Å². The predicted octanol–water partition coefficient (Wildman–Crippen LogP) is 5.17. The molecule has 2 nitrogen and oxygen atoms in total. The number of hydrogen-bond acceptors (Lipinski definition) is 1. The summed E-state index contributed by atoms with van der Waals surface area (Å²) < 4.78 is 0. The van der Waals surface area contributed by atoms with Crippen LogP contribution in [0.3, 0.4) is 0 Å². The van der Waals surface area contributed by atoms with Crippen LogP contribution in [0, 0.1) is 6.92 Å². The highest BCUT2D eigenvalue weighted by atomic mass is 16.1. The second kappa shape index (κ2) is 5.82. The van der Waals surface area contributed by atoms with Gasteiger partial charge in [-0.3, -0.25) is 4.79 Å². The minimum absolute atomic E-state index is 0.0489. The van der Waals surface area contributed by atoms with Crippen LogP contribution in [0.4, 0.5) is 0 Å². The van der Waals surface area contributed by atoms with Crippen LogP contribution < -0.4 is 5.56 Å². The SMILES string of the molecule is Cc1ccc2c(-c3ccccc3)c(-c3ccccc3)[nH]c(=O)c2c1. The van der Waals surface area contributed by atoms with Crippen molar-refractivity contribution in [2.75, 3.05) is 0 Å². The number of aryl methyl sites for hydroxylation is 1. The van der Waals surface area contributed by atoms with Crippen molar-refractivity contribution < 1.29 is 0 Å². The van der Waals surface area contributed by atoms with Crippen molar-refractivity contribution in [3.8, 4) is 22.4 Å². The Balaban J connectivity index is 2.16. The average Bonchev–Trinajstić information content (AvgIpc) is 2.63.